The molecule has 5 rings (SSSR count). The number of carbonyl (C=O) groups excluding carboxylic acids is 3. The molecule has 210 valence electrons. The molecule has 2 aliphatic heterocycles. The number of H-pyrrole nitrogens is 1. The molecule has 0 aliphatic carbocycles. The van der Waals surface area contributed by atoms with Crippen LogP contribution in [0.15, 0.2) is 53.1 Å². The van der Waals surface area contributed by atoms with E-state index in [4.69, 9.17) is 16.3 Å². The zero-order valence-corrected chi connectivity index (χ0v) is 24.7. The van der Waals surface area contributed by atoms with Crippen LogP contribution >= 0.6 is 27.5 Å². The molecular weight excluding hydrogens is 600 g/mol. The summed E-state index contributed by atoms with van der Waals surface area (Å²) >= 11 is 9.62. The average molecular weight is 630 g/mol. The van der Waals surface area contributed by atoms with Crippen LogP contribution in [0, 0.1) is 5.92 Å². The van der Waals surface area contributed by atoms with Crippen LogP contribution in [0.4, 0.5) is 9.59 Å². The maximum atomic E-state index is 13.9. The molecule has 0 radical (unpaired) electrons. The summed E-state index contributed by atoms with van der Waals surface area (Å²) in [5, 5.41) is 3.28. The molecule has 1 saturated heterocycles. The Balaban J connectivity index is 1.42. The number of amides is 4. The predicted octanol–water partition coefficient (Wildman–Crippen LogP) is 5.15. The molecule has 1 fully saturated rings. The second-order valence-electron chi connectivity index (χ2n) is 10.3. The van der Waals surface area contributed by atoms with Crippen LogP contribution < -0.4 is 5.32 Å². The summed E-state index contributed by atoms with van der Waals surface area (Å²) in [7, 11) is 1.25. The molecule has 2 aromatic carbocycles. The summed E-state index contributed by atoms with van der Waals surface area (Å²) in [4.78, 5) is 52.6. The van der Waals surface area contributed by atoms with Gasteiger partial charge in [0.2, 0.25) is 5.91 Å². The Kier molecular flexibility index (Phi) is 8.04. The van der Waals surface area contributed by atoms with Crippen LogP contribution in [0.25, 0.3) is 11.3 Å². The van der Waals surface area contributed by atoms with Gasteiger partial charge in [-0.25, -0.2) is 14.6 Å². The second kappa shape index (κ2) is 11.5. The molecule has 0 saturated carbocycles. The minimum Gasteiger partial charge on any atom is -0.453 e. The normalized spacial score (nSPS) is 17.2. The maximum absolute atomic E-state index is 13.9. The van der Waals surface area contributed by atoms with Crippen LogP contribution in [0.5, 0.6) is 0 Å². The van der Waals surface area contributed by atoms with Crippen molar-refractivity contribution in [3.63, 3.8) is 0 Å². The molecule has 40 heavy (non-hydrogen) atoms. The number of urea groups is 1. The van der Waals surface area contributed by atoms with Gasteiger partial charge in [0.25, 0.3) is 0 Å². The fourth-order valence-electron chi connectivity index (χ4n) is 5.10. The third-order valence-corrected chi connectivity index (χ3v) is 8.03. The van der Waals surface area contributed by atoms with Gasteiger partial charge in [-0.1, -0.05) is 59.6 Å². The maximum Gasteiger partial charge on any atom is 0.407 e. The minimum absolute atomic E-state index is 0.0519. The van der Waals surface area contributed by atoms with Crippen LogP contribution in [0.2, 0.25) is 5.02 Å². The van der Waals surface area contributed by atoms with Gasteiger partial charge in [-0.2, -0.15) is 0 Å². The van der Waals surface area contributed by atoms with Crippen molar-refractivity contribution in [3.05, 3.63) is 75.1 Å². The summed E-state index contributed by atoms with van der Waals surface area (Å²) in [5.74, 6) is 0.0159. The van der Waals surface area contributed by atoms with E-state index in [1.54, 1.807) is 20.9 Å². The highest BCUT2D eigenvalue weighted by Crippen LogP contribution is 2.33. The molecule has 0 bridgehead atoms. The highest BCUT2D eigenvalue weighted by Gasteiger charge is 2.43. The highest BCUT2D eigenvalue weighted by molar-refractivity contribution is 9.10. The molecule has 2 N–H and O–H groups in total. The lowest BCUT2D eigenvalue weighted by Gasteiger charge is -2.29. The van der Waals surface area contributed by atoms with Crippen molar-refractivity contribution in [3.8, 4) is 11.3 Å². The predicted molar refractivity (Wildman–Crippen MR) is 153 cm³/mol. The number of halogens is 2. The van der Waals surface area contributed by atoms with Crippen LogP contribution in [0.3, 0.4) is 0 Å². The Bertz CT molecular complexity index is 1430. The molecular formula is C28H30BrClN6O4. The number of ether oxygens (including phenoxy) is 1. The zero-order valence-electron chi connectivity index (χ0n) is 22.4. The van der Waals surface area contributed by atoms with Gasteiger partial charge in [0.15, 0.2) is 0 Å². The van der Waals surface area contributed by atoms with Crippen LogP contribution in [-0.2, 0) is 22.6 Å². The lowest BCUT2D eigenvalue weighted by atomic mass is 10.0. The molecule has 12 heteroatoms. The van der Waals surface area contributed by atoms with Gasteiger partial charge >= 0.3 is 12.1 Å². The standard InChI is InChI=1S/C28H30BrClN6O4/c1-16(2)24(33-27(38)40-3)26(37)36-15-35(28(39)34-12-18-6-9-21(30)10-19(18)13-34)14-23(36)25-31-11-22(32-25)17-4-7-20(29)8-5-17/h4-11,16,23-24H,12-15H2,1-3H3,(H,31,32)(H,33,38)/t23?,24-/m0/s1. The summed E-state index contributed by atoms with van der Waals surface area (Å²) in [6, 6.07) is 11.9. The lowest BCUT2D eigenvalue weighted by Crippen LogP contribution is -2.52. The van der Waals surface area contributed by atoms with E-state index in [0.29, 0.717) is 23.9 Å². The molecule has 10 nitrogen and oxygen atoms in total. The lowest BCUT2D eigenvalue weighted by molar-refractivity contribution is -0.135. The van der Waals surface area contributed by atoms with Gasteiger partial charge < -0.3 is 29.7 Å². The van der Waals surface area contributed by atoms with Gasteiger partial charge in [-0.3, -0.25) is 4.79 Å². The Morgan fingerprint density at radius 1 is 1.10 bits per heavy atom. The molecule has 4 amide bonds. The first-order chi connectivity index (χ1) is 19.1. The number of alkyl carbamates (subject to hydrolysis) is 1. The smallest absolute Gasteiger partial charge is 0.407 e. The van der Waals surface area contributed by atoms with E-state index >= 15 is 0 Å². The third-order valence-electron chi connectivity index (χ3n) is 7.27. The molecule has 2 atom stereocenters. The van der Waals surface area contributed by atoms with Gasteiger partial charge in [0, 0.05) is 22.6 Å². The molecule has 0 spiro atoms. The second-order valence-corrected chi connectivity index (χ2v) is 11.6. The largest absolute Gasteiger partial charge is 0.453 e. The van der Waals surface area contributed by atoms with Gasteiger partial charge in [0.1, 0.15) is 17.9 Å². The fourth-order valence-corrected chi connectivity index (χ4v) is 5.56. The van der Waals surface area contributed by atoms with Crippen molar-refractivity contribution in [1.82, 2.24) is 30.0 Å². The number of aromatic nitrogens is 2. The Morgan fingerprint density at radius 2 is 1.82 bits per heavy atom. The number of imidazole rings is 1. The molecule has 1 aromatic heterocycles. The van der Waals surface area contributed by atoms with Gasteiger partial charge in [-0.05, 0) is 46.9 Å². The van der Waals surface area contributed by atoms with E-state index in [1.807, 2.05) is 56.3 Å². The Labute approximate surface area is 245 Å². The van der Waals surface area contributed by atoms with Crippen molar-refractivity contribution in [1.29, 1.82) is 0 Å². The van der Waals surface area contributed by atoms with Crippen LogP contribution in [-0.4, -0.2) is 69.1 Å². The monoisotopic (exact) mass is 628 g/mol. The first kappa shape index (κ1) is 28.0. The Hall–Kier alpha value is -3.57. The first-order valence-corrected chi connectivity index (χ1v) is 14.1. The number of aromatic amines is 1. The summed E-state index contributed by atoms with van der Waals surface area (Å²) in [6.45, 7) is 4.89. The van der Waals surface area contributed by atoms with Gasteiger partial charge in [-0.15, -0.1) is 0 Å². The first-order valence-electron chi connectivity index (χ1n) is 12.9. The molecule has 3 aromatic rings. The van der Waals surface area contributed by atoms with Gasteiger partial charge in [0.05, 0.1) is 32.2 Å². The number of methoxy groups -OCH3 is 1. The van der Waals surface area contributed by atoms with E-state index in [0.717, 1.165) is 26.9 Å². The van der Waals surface area contributed by atoms with Crippen molar-refractivity contribution < 1.29 is 19.1 Å². The van der Waals surface area contributed by atoms with E-state index in [2.05, 4.69) is 31.2 Å². The van der Waals surface area contributed by atoms with Crippen LogP contribution in [0.1, 0.15) is 36.8 Å². The van der Waals surface area contributed by atoms with Crippen molar-refractivity contribution in [2.45, 2.75) is 39.0 Å². The highest BCUT2D eigenvalue weighted by atomic mass is 79.9. The summed E-state index contributed by atoms with van der Waals surface area (Å²) in [5.41, 5.74) is 3.79. The number of fused-ring (bicyclic) bond motifs is 1. The fraction of sp³-hybridized carbons (Fsp3) is 0.357. The average Bonchev–Trinajstić information content (AvgIpc) is 3.69. The Morgan fingerprint density at radius 3 is 2.52 bits per heavy atom. The molecule has 3 heterocycles. The molecule has 2 aliphatic rings. The number of rotatable bonds is 5. The van der Waals surface area contributed by atoms with Crippen molar-refractivity contribution >= 4 is 45.6 Å². The van der Waals surface area contributed by atoms with E-state index in [9.17, 15) is 14.4 Å². The van der Waals surface area contributed by atoms with E-state index < -0.39 is 18.2 Å². The molecule has 1 unspecified atom stereocenters. The van der Waals surface area contributed by atoms with Crippen molar-refractivity contribution in [2.75, 3.05) is 20.3 Å². The van der Waals surface area contributed by atoms with Crippen molar-refractivity contribution in [2.24, 2.45) is 5.92 Å². The quantitative estimate of drug-likeness (QED) is 0.406. The number of nitrogens with one attached hydrogen (secondary N) is 2. The number of carbonyl (C=O) groups is 3. The topological polar surface area (TPSA) is 111 Å². The number of benzene rings is 2. The number of hydrogen-bond acceptors (Lipinski definition) is 5. The third kappa shape index (κ3) is 5.66. The zero-order chi connectivity index (χ0) is 28.6. The SMILES string of the molecule is COC(=O)N[C@H](C(=O)N1CN(C(=O)N2Cc3ccc(Cl)cc3C2)CC1c1ncc(-c2ccc(Br)cc2)[nH]1)C(C)C. The number of hydrogen-bond donors (Lipinski definition) is 2. The van der Waals surface area contributed by atoms with E-state index in [-0.39, 0.29) is 31.1 Å². The summed E-state index contributed by atoms with van der Waals surface area (Å²) < 4.78 is 5.72. The minimum atomic E-state index is -0.843. The summed E-state index contributed by atoms with van der Waals surface area (Å²) in [6.07, 6.45) is 1.03. The number of nitrogens with zero attached hydrogens (tertiary/aromatic N) is 4. The van der Waals surface area contributed by atoms with E-state index in [1.165, 1.54) is 7.11 Å².